The van der Waals surface area contributed by atoms with Crippen molar-refractivity contribution in [3.63, 3.8) is 0 Å². The van der Waals surface area contributed by atoms with Crippen molar-refractivity contribution < 1.29 is 4.74 Å². The van der Waals surface area contributed by atoms with Crippen LogP contribution in [0, 0.1) is 60.3 Å². The summed E-state index contributed by atoms with van der Waals surface area (Å²) in [6, 6.07) is 32.1. The molecule has 7 aromatic rings. The number of morpholine rings is 1. The smallest absolute Gasteiger partial charge is 0.125 e. The first-order valence-corrected chi connectivity index (χ1v) is 35.8. The Morgan fingerprint density at radius 1 is 0.460 bits per heavy atom. The van der Waals surface area contributed by atoms with Gasteiger partial charge in [-0.1, -0.05) is 239 Å². The summed E-state index contributed by atoms with van der Waals surface area (Å²) in [6.45, 7) is 65.3. The van der Waals surface area contributed by atoms with Gasteiger partial charge in [0, 0.05) is 66.5 Å². The Bertz CT molecular complexity index is 1710. The zero-order chi connectivity index (χ0) is 69.0. The molecule has 0 atom stereocenters. The van der Waals surface area contributed by atoms with Crippen LogP contribution in [0.15, 0.2) is 150 Å². The van der Waals surface area contributed by atoms with Crippen molar-refractivity contribution in [2.45, 2.75) is 246 Å². The molecule has 10 heteroatoms. The molecule has 0 amide bonds. The Balaban J connectivity index is -0.0000000917. The van der Waals surface area contributed by atoms with E-state index in [-0.39, 0.29) is 0 Å². The summed E-state index contributed by atoms with van der Waals surface area (Å²) in [5, 5.41) is 9.60. The third kappa shape index (κ3) is 97.7. The van der Waals surface area contributed by atoms with E-state index in [1.165, 1.54) is 85.3 Å². The third-order valence-electron chi connectivity index (χ3n) is 10.1. The molecule has 506 valence electrons. The average molecular weight is 1250 g/mol. The summed E-state index contributed by atoms with van der Waals surface area (Å²) in [5.74, 6) is 2.83. The van der Waals surface area contributed by atoms with Gasteiger partial charge in [0.2, 0.25) is 0 Å². The van der Waals surface area contributed by atoms with Crippen molar-refractivity contribution in [2.75, 3.05) is 46.4 Å². The first-order chi connectivity index (χ1) is 42.4. The SMILES string of the molecule is CC.CC.CC.CC.CC.CC.CC.CC.CC.CC.CC1CCCCC1.CC1CCNCC1.CN1CCOCC1.Cc1ccc[nH]1.Cc1ccccc1.Cc1ccccn1.Cc1cccnc1.Cc1cccs1.Cc1ccsc1.Cc1ncccn1. The Labute approximate surface area is 552 Å². The molecule has 2 N–H and O–H groups in total. The van der Waals surface area contributed by atoms with Crippen molar-refractivity contribution >= 4 is 22.7 Å². The van der Waals surface area contributed by atoms with Crippen molar-refractivity contribution in [3.05, 3.63) is 189 Å². The van der Waals surface area contributed by atoms with E-state index < -0.39 is 0 Å². The van der Waals surface area contributed by atoms with Crippen LogP contribution in [0.1, 0.15) is 236 Å². The van der Waals surface area contributed by atoms with Crippen LogP contribution in [-0.4, -0.2) is 76.3 Å². The highest BCUT2D eigenvalue weighted by Crippen LogP contribution is 2.22. The molecule has 2 aliphatic heterocycles. The molecule has 6 aromatic heterocycles. The van der Waals surface area contributed by atoms with Crippen LogP contribution in [0.5, 0.6) is 0 Å². The number of piperidine rings is 1. The van der Waals surface area contributed by atoms with Crippen molar-refractivity contribution in [2.24, 2.45) is 11.8 Å². The van der Waals surface area contributed by atoms with E-state index >= 15 is 0 Å². The number of ether oxygens (including phenoxy) is 1. The number of rotatable bonds is 0. The standard InChI is InChI=1S/C7H14.C7H8.C6H13N.2C6H7N.C5H6N2.C5H11NO.C5H7N.2C5H6S.10C2H6/c2*1-7-5-3-2-4-6-7;1-6-2-4-7-5-3-6;1-6-3-2-4-7-5-6;1-6-4-2-3-5-7-6;1-5-6-3-2-4-7-5;1-6-2-4-7-5-3-6;1-5-3-2-4-6-5;1-5-2-3-6-4-5;1-5-3-2-4-6-5;10*1-2/h7H,2-6H2,1H3;2-6H,1H3;6-7H,2-5H2,1H3;2*2-5H,1H3;2-4H,1H3;2-5H2,1H3;2-4,6H,1H3;2*2-4H,1H3;10*1-2H3. The average Bonchev–Trinajstić information content (AvgIpc) is 4.42. The number of benzene rings is 1. The Hall–Kier alpha value is -4.84. The van der Waals surface area contributed by atoms with Gasteiger partial charge in [-0.25, -0.2) is 9.97 Å². The maximum atomic E-state index is 5.10. The minimum atomic E-state index is 0.822. The highest BCUT2D eigenvalue weighted by Gasteiger charge is 2.06. The van der Waals surface area contributed by atoms with E-state index in [0.717, 1.165) is 49.7 Å². The van der Waals surface area contributed by atoms with Gasteiger partial charge < -0.3 is 19.9 Å². The number of hydrogen-bond donors (Lipinski definition) is 2. The Kier molecular flexibility index (Phi) is 120. The lowest BCUT2D eigenvalue weighted by molar-refractivity contribution is 0.0503. The molecule has 3 fully saturated rings. The second-order valence-corrected chi connectivity index (χ2v) is 18.9. The summed E-state index contributed by atoms with van der Waals surface area (Å²) >= 11 is 3.52. The fourth-order valence-corrected chi connectivity index (χ4v) is 7.04. The number of hydrogen-bond acceptors (Lipinski definition) is 9. The second-order valence-electron chi connectivity index (χ2n) is 16.9. The highest BCUT2D eigenvalue weighted by molar-refractivity contribution is 7.09. The molecule has 8 heterocycles. The van der Waals surface area contributed by atoms with Gasteiger partial charge in [-0.2, -0.15) is 11.3 Å². The number of likely N-dealkylation sites (N-methyl/N-ethyl adjacent to an activating group) is 1. The number of pyridine rings is 2. The molecule has 10 rings (SSSR count). The molecule has 0 spiro atoms. The van der Waals surface area contributed by atoms with Gasteiger partial charge in [0.1, 0.15) is 5.82 Å². The van der Waals surface area contributed by atoms with Crippen LogP contribution in [0.2, 0.25) is 0 Å². The van der Waals surface area contributed by atoms with E-state index in [0.29, 0.717) is 0 Å². The fourth-order valence-electron chi connectivity index (χ4n) is 5.85. The molecule has 8 nitrogen and oxygen atoms in total. The maximum Gasteiger partial charge on any atom is 0.125 e. The van der Waals surface area contributed by atoms with Gasteiger partial charge in [-0.3, -0.25) is 9.97 Å². The Morgan fingerprint density at radius 3 is 1.15 bits per heavy atom. The van der Waals surface area contributed by atoms with E-state index in [1.807, 2.05) is 239 Å². The largest absolute Gasteiger partial charge is 0.379 e. The summed E-state index contributed by atoms with van der Waals surface area (Å²) in [6.07, 6.45) is 20.9. The number of nitrogens with zero attached hydrogens (tertiary/aromatic N) is 5. The van der Waals surface area contributed by atoms with Gasteiger partial charge in [0.05, 0.1) is 13.2 Å². The summed E-state index contributed by atoms with van der Waals surface area (Å²) in [5.41, 5.74) is 6.18. The molecule has 1 aromatic carbocycles. The number of nitrogens with one attached hydrogen (secondary N) is 2. The number of aromatic nitrogens is 5. The summed E-state index contributed by atoms with van der Waals surface area (Å²) in [4.78, 5) is 22.3. The molecular weight excluding hydrogens is 1100 g/mol. The van der Waals surface area contributed by atoms with Gasteiger partial charge in [0.25, 0.3) is 0 Å². The van der Waals surface area contributed by atoms with Gasteiger partial charge in [-0.15, -0.1) is 11.3 Å². The molecule has 2 saturated heterocycles. The fraction of sp³-hybridized carbons (Fsp3) is 0.584. The first kappa shape index (κ1) is 104. The minimum Gasteiger partial charge on any atom is -0.379 e. The van der Waals surface area contributed by atoms with Crippen LogP contribution in [0.25, 0.3) is 0 Å². The van der Waals surface area contributed by atoms with E-state index in [4.69, 9.17) is 4.74 Å². The topological polar surface area (TPSA) is 91.8 Å². The number of aromatic amines is 1. The van der Waals surface area contributed by atoms with Crippen LogP contribution in [0.3, 0.4) is 0 Å². The van der Waals surface area contributed by atoms with E-state index in [1.54, 1.807) is 53.5 Å². The molecule has 0 radical (unpaired) electrons. The number of H-pyrrole nitrogens is 1. The summed E-state index contributed by atoms with van der Waals surface area (Å²) in [7, 11) is 2.11. The molecule has 0 unspecified atom stereocenters. The third-order valence-corrected chi connectivity index (χ3v) is 11.7. The quantitative estimate of drug-likeness (QED) is 0.156. The lowest BCUT2D eigenvalue weighted by Crippen LogP contribution is -2.32. The van der Waals surface area contributed by atoms with Crippen LogP contribution in [0.4, 0.5) is 0 Å². The van der Waals surface area contributed by atoms with Gasteiger partial charge >= 0.3 is 0 Å². The zero-order valence-electron chi connectivity index (χ0n) is 62.7. The lowest BCUT2D eigenvalue weighted by Gasteiger charge is -2.21. The van der Waals surface area contributed by atoms with Gasteiger partial charge in [0.15, 0.2) is 0 Å². The predicted molar refractivity (Wildman–Crippen MR) is 405 cm³/mol. The molecule has 1 saturated carbocycles. The molecule has 0 bridgehead atoms. The highest BCUT2D eigenvalue weighted by atomic mass is 32.1. The van der Waals surface area contributed by atoms with Crippen LogP contribution in [-0.2, 0) is 4.74 Å². The molecule has 1 aliphatic carbocycles. The Morgan fingerprint density at radius 2 is 0.954 bits per heavy atom. The number of aryl methyl sites for hydroxylation is 7. The number of thiophene rings is 2. The predicted octanol–water partition coefficient (Wildman–Crippen LogP) is 24.8. The first-order valence-electron chi connectivity index (χ1n) is 34.0. The lowest BCUT2D eigenvalue weighted by atomic mass is 9.91. The normalized spacial score (nSPS) is 11.4. The molecular formula is C77H145N7OS2. The monoisotopic (exact) mass is 1250 g/mol. The van der Waals surface area contributed by atoms with Crippen LogP contribution < -0.4 is 5.32 Å². The molecule has 3 aliphatic rings. The summed E-state index contributed by atoms with van der Waals surface area (Å²) < 4.78 is 5.10. The second kappa shape index (κ2) is 100. The van der Waals surface area contributed by atoms with Crippen molar-refractivity contribution in [3.8, 4) is 0 Å². The molecule has 87 heavy (non-hydrogen) atoms. The van der Waals surface area contributed by atoms with E-state index in [2.05, 4.69) is 123 Å². The maximum absolute atomic E-state index is 5.10. The van der Waals surface area contributed by atoms with E-state index in [9.17, 15) is 0 Å². The minimum absolute atomic E-state index is 0.822. The zero-order valence-corrected chi connectivity index (χ0v) is 64.4. The van der Waals surface area contributed by atoms with Crippen molar-refractivity contribution in [1.29, 1.82) is 0 Å². The van der Waals surface area contributed by atoms with Gasteiger partial charge in [-0.05, 0) is 169 Å². The van der Waals surface area contributed by atoms with Crippen LogP contribution >= 0.6 is 22.7 Å². The van der Waals surface area contributed by atoms with Crippen molar-refractivity contribution in [1.82, 2.24) is 35.1 Å².